The third kappa shape index (κ3) is 2.36. The van der Waals surface area contributed by atoms with Crippen molar-refractivity contribution in [2.75, 3.05) is 7.11 Å². The normalized spacial score (nSPS) is 12.6. The van der Waals surface area contributed by atoms with E-state index >= 15 is 0 Å². The van der Waals surface area contributed by atoms with Gasteiger partial charge in [0.2, 0.25) is 0 Å². The average Bonchev–Trinajstić information content (AvgIpc) is 2.92. The van der Waals surface area contributed by atoms with Crippen LogP contribution in [0.4, 0.5) is 8.78 Å². The number of benzene rings is 2. The number of hydrogen-bond acceptors (Lipinski definition) is 3. The molecule has 1 unspecified atom stereocenters. The van der Waals surface area contributed by atoms with Crippen molar-refractivity contribution < 1.29 is 23.0 Å². The van der Waals surface area contributed by atoms with Gasteiger partial charge in [-0.1, -0.05) is 18.2 Å². The van der Waals surface area contributed by atoms with Crippen LogP contribution in [0.5, 0.6) is 5.75 Å². The highest BCUT2D eigenvalue weighted by atomic mass is 19.1. The minimum atomic E-state index is -1.13. The molecule has 1 N–H and O–H groups in total. The van der Waals surface area contributed by atoms with E-state index in [1.165, 1.54) is 31.4 Å². The third-order valence-electron chi connectivity index (χ3n) is 3.28. The van der Waals surface area contributed by atoms with Crippen molar-refractivity contribution >= 4 is 11.0 Å². The van der Waals surface area contributed by atoms with Crippen LogP contribution >= 0.6 is 0 Å². The first kappa shape index (κ1) is 13.6. The maximum Gasteiger partial charge on any atom is 0.170 e. The van der Waals surface area contributed by atoms with E-state index in [1.807, 2.05) is 0 Å². The second-order valence-electron chi connectivity index (χ2n) is 4.60. The number of fused-ring (bicyclic) bond motifs is 1. The number of furan rings is 1. The molecule has 0 amide bonds. The van der Waals surface area contributed by atoms with E-state index in [0.29, 0.717) is 10.9 Å². The molecule has 0 spiro atoms. The summed E-state index contributed by atoms with van der Waals surface area (Å²) in [5.74, 6) is -0.815. The Hall–Kier alpha value is -2.40. The number of methoxy groups -OCH3 is 1. The molecule has 0 aliphatic rings. The summed E-state index contributed by atoms with van der Waals surface area (Å²) in [6.07, 6.45) is -1.13. The van der Waals surface area contributed by atoms with Crippen molar-refractivity contribution in [3.05, 3.63) is 65.4 Å². The fourth-order valence-corrected chi connectivity index (χ4v) is 2.19. The zero-order chi connectivity index (χ0) is 15.0. The summed E-state index contributed by atoms with van der Waals surface area (Å²) in [7, 11) is 1.34. The molecule has 0 fully saturated rings. The van der Waals surface area contributed by atoms with Crippen molar-refractivity contribution in [1.82, 2.24) is 0 Å². The summed E-state index contributed by atoms with van der Waals surface area (Å²) in [6, 6.07) is 10.1. The van der Waals surface area contributed by atoms with Gasteiger partial charge in [0.25, 0.3) is 0 Å². The Labute approximate surface area is 119 Å². The maximum absolute atomic E-state index is 13.6. The highest BCUT2D eigenvalue weighted by Gasteiger charge is 2.18. The summed E-state index contributed by atoms with van der Waals surface area (Å²) in [5, 5.41) is 10.9. The quantitative estimate of drug-likeness (QED) is 0.797. The van der Waals surface area contributed by atoms with Gasteiger partial charge < -0.3 is 14.3 Å². The van der Waals surface area contributed by atoms with Crippen LogP contribution in [0.15, 0.2) is 46.9 Å². The molecule has 1 atom stereocenters. The minimum absolute atomic E-state index is 0.0221. The molecule has 0 saturated carbocycles. The van der Waals surface area contributed by atoms with Crippen molar-refractivity contribution in [2.45, 2.75) is 6.10 Å². The summed E-state index contributed by atoms with van der Waals surface area (Å²) < 4.78 is 37.2. The van der Waals surface area contributed by atoms with Crippen LogP contribution in [0.25, 0.3) is 11.0 Å². The molecule has 2 aromatic carbocycles. The highest BCUT2D eigenvalue weighted by molar-refractivity contribution is 5.78. The standard InChI is InChI=1S/C16H12F2O3/c1-20-13-7-9(5-6-11(13)17)15(19)14-8-10-3-2-4-12(18)16(10)21-14/h2-8,15,19H,1H3. The zero-order valence-corrected chi connectivity index (χ0v) is 11.1. The smallest absolute Gasteiger partial charge is 0.170 e. The van der Waals surface area contributed by atoms with Crippen LogP contribution in [0, 0.1) is 11.6 Å². The van der Waals surface area contributed by atoms with Gasteiger partial charge in [-0.2, -0.15) is 0 Å². The van der Waals surface area contributed by atoms with Gasteiger partial charge in [-0.25, -0.2) is 8.78 Å². The van der Waals surface area contributed by atoms with Gasteiger partial charge in [0.1, 0.15) is 11.9 Å². The van der Waals surface area contributed by atoms with E-state index in [1.54, 1.807) is 18.2 Å². The summed E-state index contributed by atoms with van der Waals surface area (Å²) >= 11 is 0. The fourth-order valence-electron chi connectivity index (χ4n) is 2.19. The van der Waals surface area contributed by atoms with Gasteiger partial charge in [0.05, 0.1) is 7.11 Å². The largest absolute Gasteiger partial charge is 0.494 e. The Kier molecular flexibility index (Phi) is 3.35. The van der Waals surface area contributed by atoms with E-state index in [2.05, 4.69) is 0 Å². The summed E-state index contributed by atoms with van der Waals surface area (Å²) in [4.78, 5) is 0. The molecular formula is C16H12F2O3. The van der Waals surface area contributed by atoms with Crippen LogP contribution in [0.3, 0.4) is 0 Å². The third-order valence-corrected chi connectivity index (χ3v) is 3.28. The van der Waals surface area contributed by atoms with Gasteiger partial charge in [-0.15, -0.1) is 0 Å². The van der Waals surface area contributed by atoms with Gasteiger partial charge in [-0.05, 0) is 29.8 Å². The van der Waals surface area contributed by atoms with Crippen molar-refractivity contribution in [3.8, 4) is 5.75 Å². The Morgan fingerprint density at radius 2 is 1.90 bits per heavy atom. The lowest BCUT2D eigenvalue weighted by Gasteiger charge is -2.10. The van der Waals surface area contributed by atoms with Crippen molar-refractivity contribution in [3.63, 3.8) is 0 Å². The molecule has 0 saturated heterocycles. The Balaban J connectivity index is 2.03. The molecule has 3 nitrogen and oxygen atoms in total. The minimum Gasteiger partial charge on any atom is -0.494 e. The van der Waals surface area contributed by atoms with E-state index in [4.69, 9.17) is 9.15 Å². The molecule has 0 aliphatic carbocycles. The maximum atomic E-state index is 13.6. The fraction of sp³-hybridized carbons (Fsp3) is 0.125. The topological polar surface area (TPSA) is 42.6 Å². The lowest BCUT2D eigenvalue weighted by Crippen LogP contribution is -1.99. The number of aliphatic hydroxyl groups excluding tert-OH is 1. The summed E-state index contributed by atoms with van der Waals surface area (Å²) in [6.45, 7) is 0. The second kappa shape index (κ2) is 5.18. The molecule has 1 heterocycles. The van der Waals surface area contributed by atoms with Gasteiger partial charge >= 0.3 is 0 Å². The lowest BCUT2D eigenvalue weighted by molar-refractivity contribution is 0.191. The van der Waals surface area contributed by atoms with E-state index in [9.17, 15) is 13.9 Å². The number of rotatable bonds is 3. The molecular weight excluding hydrogens is 278 g/mol. The molecule has 0 radical (unpaired) electrons. The number of para-hydroxylation sites is 1. The summed E-state index contributed by atoms with van der Waals surface area (Å²) in [5.41, 5.74) is 0.480. The van der Waals surface area contributed by atoms with Gasteiger partial charge in [0, 0.05) is 5.39 Å². The number of hydrogen-bond donors (Lipinski definition) is 1. The van der Waals surface area contributed by atoms with Crippen LogP contribution < -0.4 is 4.74 Å². The first-order chi connectivity index (χ1) is 10.1. The molecule has 0 bridgehead atoms. The molecule has 108 valence electrons. The number of ether oxygens (including phenoxy) is 1. The molecule has 21 heavy (non-hydrogen) atoms. The first-order valence-corrected chi connectivity index (χ1v) is 6.29. The number of halogens is 2. The highest BCUT2D eigenvalue weighted by Crippen LogP contribution is 2.31. The van der Waals surface area contributed by atoms with E-state index in [-0.39, 0.29) is 17.1 Å². The Bertz CT molecular complexity index is 795. The molecule has 0 aliphatic heterocycles. The van der Waals surface area contributed by atoms with Crippen LogP contribution in [-0.4, -0.2) is 12.2 Å². The van der Waals surface area contributed by atoms with Crippen LogP contribution in [0.1, 0.15) is 17.4 Å². The predicted octanol–water partition coefficient (Wildman–Crippen LogP) is 3.80. The van der Waals surface area contributed by atoms with Crippen molar-refractivity contribution in [2.24, 2.45) is 0 Å². The van der Waals surface area contributed by atoms with E-state index in [0.717, 1.165) is 0 Å². The number of aliphatic hydroxyl groups is 1. The lowest BCUT2D eigenvalue weighted by atomic mass is 10.1. The second-order valence-corrected chi connectivity index (χ2v) is 4.60. The molecule has 3 aromatic rings. The molecule has 3 rings (SSSR count). The molecule has 5 heteroatoms. The predicted molar refractivity (Wildman–Crippen MR) is 73.2 cm³/mol. The van der Waals surface area contributed by atoms with Gasteiger partial charge in [-0.3, -0.25) is 0 Å². The first-order valence-electron chi connectivity index (χ1n) is 6.29. The Morgan fingerprint density at radius 3 is 2.62 bits per heavy atom. The monoisotopic (exact) mass is 290 g/mol. The van der Waals surface area contributed by atoms with Crippen molar-refractivity contribution in [1.29, 1.82) is 0 Å². The SMILES string of the molecule is COc1cc(C(O)c2cc3cccc(F)c3o2)ccc1F. The van der Waals surface area contributed by atoms with E-state index < -0.39 is 17.7 Å². The van der Waals surface area contributed by atoms with Gasteiger partial charge in [0.15, 0.2) is 23.0 Å². The average molecular weight is 290 g/mol. The molecule has 1 aromatic heterocycles. The Morgan fingerprint density at radius 1 is 1.10 bits per heavy atom. The zero-order valence-electron chi connectivity index (χ0n) is 11.1. The van der Waals surface area contributed by atoms with Crippen LogP contribution in [-0.2, 0) is 0 Å². The van der Waals surface area contributed by atoms with Crippen LogP contribution in [0.2, 0.25) is 0 Å².